The van der Waals surface area contributed by atoms with Crippen LogP contribution in [0.3, 0.4) is 0 Å². The summed E-state index contributed by atoms with van der Waals surface area (Å²) in [7, 11) is 0. The number of thioether (sulfide) groups is 1. The van der Waals surface area contributed by atoms with Gasteiger partial charge in [-0.3, -0.25) is 9.79 Å². The van der Waals surface area contributed by atoms with E-state index in [2.05, 4.69) is 15.5 Å². The molecule has 1 unspecified atom stereocenters. The van der Waals surface area contributed by atoms with Crippen LogP contribution in [0.2, 0.25) is 0 Å². The summed E-state index contributed by atoms with van der Waals surface area (Å²) in [5.41, 5.74) is -1.01. The number of nitrogens with one attached hydrogen (secondary N) is 1. The summed E-state index contributed by atoms with van der Waals surface area (Å²) in [5, 5.41) is 15.4. The Kier molecular flexibility index (Phi) is 5.82. The van der Waals surface area contributed by atoms with Crippen molar-refractivity contribution in [2.24, 2.45) is 10.1 Å². The van der Waals surface area contributed by atoms with Crippen LogP contribution in [0.4, 0.5) is 0 Å². The lowest BCUT2D eigenvalue weighted by atomic mass is 10.0. The van der Waals surface area contributed by atoms with E-state index in [1.807, 2.05) is 6.92 Å². The fourth-order valence-corrected chi connectivity index (χ4v) is 3.45. The maximum Gasteiger partial charge on any atom is 0.335 e. The maximum absolute atomic E-state index is 12.7. The van der Waals surface area contributed by atoms with Gasteiger partial charge in [0.15, 0.2) is 0 Å². The van der Waals surface area contributed by atoms with E-state index >= 15 is 0 Å². The van der Waals surface area contributed by atoms with Crippen molar-refractivity contribution >= 4 is 28.4 Å². The van der Waals surface area contributed by atoms with Crippen LogP contribution in [0, 0.1) is 0 Å². The molecule has 24 heavy (non-hydrogen) atoms. The average molecular weight is 351 g/mol. The Hall–Kier alpha value is -2.09. The Morgan fingerprint density at radius 3 is 2.96 bits per heavy atom. The van der Waals surface area contributed by atoms with Gasteiger partial charge >= 0.3 is 5.63 Å². The van der Waals surface area contributed by atoms with Gasteiger partial charge in [0.25, 0.3) is 0 Å². The van der Waals surface area contributed by atoms with Gasteiger partial charge in [-0.25, -0.2) is 4.79 Å². The first-order valence-corrected chi connectivity index (χ1v) is 8.71. The summed E-state index contributed by atoms with van der Waals surface area (Å²) in [4.78, 5) is 28.5. The van der Waals surface area contributed by atoms with Gasteiger partial charge in [0.05, 0.1) is 6.04 Å². The van der Waals surface area contributed by atoms with Gasteiger partial charge in [-0.05, 0) is 26.3 Å². The monoisotopic (exact) mass is 351 g/mol. The largest absolute Gasteiger partial charge is 0.426 e. The number of carbonyl (C=O) groups excluding carboxylic acids is 1. The number of hydrogen-bond acceptors (Lipinski definition) is 7. The average Bonchev–Trinajstić information content (AvgIpc) is 2.97. The zero-order valence-corrected chi connectivity index (χ0v) is 14.7. The smallest absolute Gasteiger partial charge is 0.335 e. The predicted octanol–water partition coefficient (Wildman–Crippen LogP) is 2.35. The highest BCUT2D eigenvalue weighted by Gasteiger charge is 2.40. The van der Waals surface area contributed by atoms with Gasteiger partial charge in [0, 0.05) is 11.8 Å². The van der Waals surface area contributed by atoms with Crippen molar-refractivity contribution in [3.05, 3.63) is 34.4 Å². The Morgan fingerprint density at radius 1 is 1.58 bits per heavy atom. The Labute approximate surface area is 144 Å². The minimum Gasteiger partial charge on any atom is -0.426 e. The Balaban J connectivity index is 2.19. The molecule has 7 nitrogen and oxygen atoms in total. The number of carbonyl (C=O) groups is 1. The second-order valence-corrected chi connectivity index (χ2v) is 6.79. The molecule has 0 saturated carbocycles. The standard InChI is InChI=1S/C16H21N3O4S/c1-4-6-11(12-7-5-8-13(20)23-12)17-15(21)16(3)9-24-14(18-16)10(2)19-22/h5,7-8,11,22H,4,6,9H2,1-3H3,(H,17,21)/b19-10+/t11-,16?/m1/s1. The number of aliphatic imine (C=N–C) groups is 1. The molecule has 130 valence electrons. The van der Waals surface area contributed by atoms with Crippen LogP contribution in [0.5, 0.6) is 0 Å². The van der Waals surface area contributed by atoms with Crippen LogP contribution < -0.4 is 10.9 Å². The fourth-order valence-electron chi connectivity index (χ4n) is 2.32. The molecule has 1 amide bonds. The lowest BCUT2D eigenvalue weighted by Crippen LogP contribution is -2.45. The number of hydrogen-bond donors (Lipinski definition) is 2. The first-order valence-electron chi connectivity index (χ1n) is 7.72. The summed E-state index contributed by atoms with van der Waals surface area (Å²) in [5.74, 6) is 0.642. The summed E-state index contributed by atoms with van der Waals surface area (Å²) < 4.78 is 5.20. The summed E-state index contributed by atoms with van der Waals surface area (Å²) >= 11 is 1.37. The zero-order valence-electron chi connectivity index (χ0n) is 13.9. The summed E-state index contributed by atoms with van der Waals surface area (Å²) in [6.07, 6.45) is 1.47. The van der Waals surface area contributed by atoms with Crippen molar-refractivity contribution in [3.8, 4) is 0 Å². The number of nitrogens with zero attached hydrogens (tertiary/aromatic N) is 2. The molecule has 0 radical (unpaired) electrons. The molecule has 0 bridgehead atoms. The quantitative estimate of drug-likeness (QED) is 0.465. The molecule has 2 atom stereocenters. The predicted molar refractivity (Wildman–Crippen MR) is 94.0 cm³/mol. The van der Waals surface area contributed by atoms with E-state index in [0.29, 0.717) is 28.7 Å². The molecule has 2 rings (SSSR count). The van der Waals surface area contributed by atoms with Crippen LogP contribution >= 0.6 is 11.8 Å². The lowest BCUT2D eigenvalue weighted by molar-refractivity contribution is -0.125. The third-order valence-corrected chi connectivity index (χ3v) is 5.09. The zero-order chi connectivity index (χ0) is 17.7. The van der Waals surface area contributed by atoms with Gasteiger partial charge in [-0.2, -0.15) is 0 Å². The van der Waals surface area contributed by atoms with Crippen molar-refractivity contribution < 1.29 is 14.4 Å². The lowest BCUT2D eigenvalue weighted by Gasteiger charge is -2.23. The molecule has 8 heteroatoms. The highest BCUT2D eigenvalue weighted by atomic mass is 32.2. The maximum atomic E-state index is 12.7. The summed E-state index contributed by atoms with van der Waals surface area (Å²) in [6, 6.07) is 4.24. The minimum atomic E-state index is -0.951. The van der Waals surface area contributed by atoms with E-state index in [4.69, 9.17) is 9.62 Å². The Bertz CT molecular complexity index is 728. The Morgan fingerprint density at radius 2 is 2.33 bits per heavy atom. The van der Waals surface area contributed by atoms with E-state index in [1.165, 1.54) is 17.8 Å². The third-order valence-electron chi connectivity index (χ3n) is 3.72. The molecular weight excluding hydrogens is 330 g/mol. The molecule has 0 aliphatic carbocycles. The second kappa shape index (κ2) is 7.65. The topological polar surface area (TPSA) is 104 Å². The molecule has 0 aromatic carbocycles. The van der Waals surface area contributed by atoms with Gasteiger partial charge in [-0.15, -0.1) is 11.8 Å². The van der Waals surface area contributed by atoms with E-state index in [9.17, 15) is 9.59 Å². The van der Waals surface area contributed by atoms with Gasteiger partial charge in [-0.1, -0.05) is 24.6 Å². The SMILES string of the molecule is CCC[C@@H](NC(=O)C1(C)CSC(/C(C)=N/O)=N1)c1cccc(=O)o1. The highest BCUT2D eigenvalue weighted by Crippen LogP contribution is 2.30. The van der Waals surface area contributed by atoms with Crippen molar-refractivity contribution in [2.75, 3.05) is 5.75 Å². The van der Waals surface area contributed by atoms with Crippen molar-refractivity contribution in [1.29, 1.82) is 0 Å². The fraction of sp³-hybridized carbons (Fsp3) is 0.500. The summed E-state index contributed by atoms with van der Waals surface area (Å²) in [6.45, 7) is 5.36. The first kappa shape index (κ1) is 18.3. The molecule has 2 heterocycles. The van der Waals surface area contributed by atoms with E-state index in [1.54, 1.807) is 26.0 Å². The minimum absolute atomic E-state index is 0.249. The molecule has 2 N–H and O–H groups in total. The van der Waals surface area contributed by atoms with Crippen LogP contribution in [-0.2, 0) is 4.79 Å². The molecule has 0 saturated heterocycles. The highest BCUT2D eigenvalue weighted by molar-refractivity contribution is 8.16. The normalized spacial score (nSPS) is 22.1. The van der Waals surface area contributed by atoms with Crippen molar-refractivity contribution in [1.82, 2.24) is 5.32 Å². The molecule has 0 spiro atoms. The molecule has 1 aliphatic heterocycles. The van der Waals surface area contributed by atoms with E-state index in [0.717, 1.165) is 6.42 Å². The molecule has 1 aliphatic rings. The second-order valence-electron chi connectivity index (χ2n) is 5.83. The van der Waals surface area contributed by atoms with Gasteiger partial charge < -0.3 is 14.9 Å². The number of oxime groups is 1. The number of amides is 1. The van der Waals surface area contributed by atoms with Crippen LogP contribution in [0.15, 0.2) is 37.6 Å². The molecular formula is C16H21N3O4S. The van der Waals surface area contributed by atoms with Crippen LogP contribution in [0.25, 0.3) is 0 Å². The van der Waals surface area contributed by atoms with Crippen LogP contribution in [0.1, 0.15) is 45.4 Å². The van der Waals surface area contributed by atoms with E-state index in [-0.39, 0.29) is 11.9 Å². The van der Waals surface area contributed by atoms with Gasteiger partial charge in [0.2, 0.25) is 5.91 Å². The molecule has 0 fully saturated rings. The van der Waals surface area contributed by atoms with E-state index < -0.39 is 11.2 Å². The van der Waals surface area contributed by atoms with Gasteiger partial charge in [0.1, 0.15) is 22.1 Å². The molecule has 1 aromatic rings. The molecule has 1 aromatic heterocycles. The first-order chi connectivity index (χ1) is 11.4. The van der Waals surface area contributed by atoms with Crippen molar-refractivity contribution in [3.63, 3.8) is 0 Å². The third kappa shape index (κ3) is 4.05. The van der Waals surface area contributed by atoms with Crippen LogP contribution in [-0.4, -0.2) is 33.2 Å². The number of rotatable bonds is 6. The van der Waals surface area contributed by atoms with Crippen molar-refractivity contribution in [2.45, 2.75) is 45.2 Å².